The Morgan fingerprint density at radius 3 is 2.60 bits per heavy atom. The highest BCUT2D eigenvalue weighted by atomic mass is 16.2. The minimum atomic E-state index is -0.0136. The topological polar surface area (TPSA) is 32.3 Å². The third-order valence-corrected chi connectivity index (χ3v) is 2.00. The molecule has 10 heavy (non-hydrogen) atoms. The SMILES string of the molecule is O=C(C1C=CN1)N1CCC1. The van der Waals surface area contributed by atoms with E-state index < -0.39 is 0 Å². The van der Waals surface area contributed by atoms with Crippen LogP contribution in [0.1, 0.15) is 6.42 Å². The first kappa shape index (κ1) is 5.77. The highest BCUT2D eigenvalue weighted by Crippen LogP contribution is 2.10. The van der Waals surface area contributed by atoms with E-state index in [1.807, 2.05) is 17.2 Å². The molecule has 0 spiro atoms. The van der Waals surface area contributed by atoms with E-state index in [-0.39, 0.29) is 11.9 Å². The average molecular weight is 138 g/mol. The Balaban J connectivity index is 1.91. The van der Waals surface area contributed by atoms with Gasteiger partial charge in [-0.15, -0.1) is 0 Å². The Morgan fingerprint density at radius 2 is 2.30 bits per heavy atom. The lowest BCUT2D eigenvalue weighted by atomic mass is 10.1. The molecule has 3 nitrogen and oxygen atoms in total. The first-order valence-corrected chi connectivity index (χ1v) is 3.59. The Kier molecular flexibility index (Phi) is 1.16. The third-order valence-electron chi connectivity index (χ3n) is 2.00. The molecule has 0 aromatic rings. The summed E-state index contributed by atoms with van der Waals surface area (Å²) in [7, 11) is 0. The molecule has 1 N–H and O–H groups in total. The average Bonchev–Trinajstić information content (AvgIpc) is 1.52. The first-order valence-electron chi connectivity index (χ1n) is 3.59. The van der Waals surface area contributed by atoms with Crippen LogP contribution in [0.4, 0.5) is 0 Å². The van der Waals surface area contributed by atoms with Crippen LogP contribution >= 0.6 is 0 Å². The van der Waals surface area contributed by atoms with E-state index in [0.717, 1.165) is 13.1 Å². The van der Waals surface area contributed by atoms with Crippen molar-refractivity contribution >= 4 is 5.91 Å². The molecule has 2 aliphatic rings. The summed E-state index contributed by atoms with van der Waals surface area (Å²) in [5.74, 6) is 0.230. The third kappa shape index (κ3) is 0.701. The zero-order valence-corrected chi connectivity index (χ0v) is 5.71. The number of likely N-dealkylation sites (tertiary alicyclic amines) is 1. The van der Waals surface area contributed by atoms with E-state index in [4.69, 9.17) is 0 Å². The van der Waals surface area contributed by atoms with Crippen LogP contribution in [-0.4, -0.2) is 29.9 Å². The van der Waals surface area contributed by atoms with E-state index in [0.29, 0.717) is 0 Å². The number of carbonyl (C=O) groups excluding carboxylic acids is 1. The molecule has 1 saturated heterocycles. The fraction of sp³-hybridized carbons (Fsp3) is 0.571. The highest BCUT2D eigenvalue weighted by molar-refractivity contribution is 5.85. The monoisotopic (exact) mass is 138 g/mol. The van der Waals surface area contributed by atoms with Crippen LogP contribution in [0.2, 0.25) is 0 Å². The molecule has 2 aliphatic heterocycles. The molecule has 2 heterocycles. The molecule has 0 aromatic heterocycles. The summed E-state index contributed by atoms with van der Waals surface area (Å²) in [4.78, 5) is 13.1. The largest absolute Gasteiger partial charge is 0.377 e. The van der Waals surface area contributed by atoms with Gasteiger partial charge in [-0.2, -0.15) is 0 Å². The van der Waals surface area contributed by atoms with Crippen molar-refractivity contribution in [2.45, 2.75) is 12.5 Å². The van der Waals surface area contributed by atoms with E-state index >= 15 is 0 Å². The molecule has 1 unspecified atom stereocenters. The van der Waals surface area contributed by atoms with Crippen LogP contribution < -0.4 is 5.32 Å². The second-order valence-electron chi connectivity index (χ2n) is 2.68. The van der Waals surface area contributed by atoms with Crippen molar-refractivity contribution < 1.29 is 4.79 Å². The summed E-state index contributed by atoms with van der Waals surface area (Å²) >= 11 is 0. The summed E-state index contributed by atoms with van der Waals surface area (Å²) in [6.07, 6.45) is 4.87. The van der Waals surface area contributed by atoms with Crippen molar-refractivity contribution in [3.8, 4) is 0 Å². The molecule has 1 atom stereocenters. The molecule has 1 amide bonds. The second-order valence-corrected chi connectivity index (χ2v) is 2.68. The van der Waals surface area contributed by atoms with Gasteiger partial charge in [0, 0.05) is 13.1 Å². The van der Waals surface area contributed by atoms with Gasteiger partial charge < -0.3 is 10.2 Å². The lowest BCUT2D eigenvalue weighted by Gasteiger charge is -2.35. The number of carbonyl (C=O) groups is 1. The molecule has 54 valence electrons. The summed E-state index contributed by atoms with van der Waals surface area (Å²) in [6.45, 7) is 1.90. The molecule has 2 rings (SSSR count). The minimum absolute atomic E-state index is 0.0136. The molecule has 0 aromatic carbocycles. The summed E-state index contributed by atoms with van der Waals surface area (Å²) in [6, 6.07) is -0.0136. The van der Waals surface area contributed by atoms with Crippen molar-refractivity contribution in [3.63, 3.8) is 0 Å². The van der Waals surface area contributed by atoms with Gasteiger partial charge in [0.25, 0.3) is 0 Å². The fourth-order valence-electron chi connectivity index (χ4n) is 1.08. The molecular weight excluding hydrogens is 128 g/mol. The molecule has 0 aliphatic carbocycles. The second kappa shape index (κ2) is 2.01. The van der Waals surface area contributed by atoms with Crippen LogP contribution in [0.25, 0.3) is 0 Å². The number of hydrogen-bond acceptors (Lipinski definition) is 2. The maximum atomic E-state index is 11.2. The Morgan fingerprint density at radius 1 is 1.60 bits per heavy atom. The van der Waals surface area contributed by atoms with Gasteiger partial charge in [-0.1, -0.05) is 0 Å². The normalized spacial score (nSPS) is 28.4. The first-order chi connectivity index (χ1) is 4.88. The number of nitrogens with zero attached hydrogens (tertiary/aromatic N) is 1. The van der Waals surface area contributed by atoms with Crippen molar-refractivity contribution in [2.75, 3.05) is 13.1 Å². The van der Waals surface area contributed by atoms with E-state index in [1.54, 1.807) is 0 Å². The summed E-state index contributed by atoms with van der Waals surface area (Å²) in [5.41, 5.74) is 0. The quantitative estimate of drug-likeness (QED) is 0.539. The van der Waals surface area contributed by atoms with Gasteiger partial charge in [0.05, 0.1) is 0 Å². The van der Waals surface area contributed by atoms with Crippen molar-refractivity contribution in [2.24, 2.45) is 0 Å². The lowest BCUT2D eigenvalue weighted by Crippen LogP contribution is -2.52. The van der Waals surface area contributed by atoms with E-state index in [2.05, 4.69) is 5.32 Å². The highest BCUT2D eigenvalue weighted by Gasteiger charge is 2.27. The predicted octanol–water partition coefficient (Wildman–Crippen LogP) is -0.296. The van der Waals surface area contributed by atoms with Gasteiger partial charge in [0.2, 0.25) is 5.91 Å². The Bertz CT molecular complexity index is 184. The molecular formula is C7H10N2O. The molecule has 0 saturated carbocycles. The maximum absolute atomic E-state index is 11.2. The van der Waals surface area contributed by atoms with Crippen LogP contribution in [0.15, 0.2) is 12.3 Å². The summed E-state index contributed by atoms with van der Waals surface area (Å²) < 4.78 is 0. The molecule has 0 radical (unpaired) electrons. The van der Waals surface area contributed by atoms with Crippen LogP contribution in [0.5, 0.6) is 0 Å². The van der Waals surface area contributed by atoms with Gasteiger partial charge in [0.15, 0.2) is 0 Å². The van der Waals surface area contributed by atoms with Crippen LogP contribution in [-0.2, 0) is 4.79 Å². The number of hydrogen-bond donors (Lipinski definition) is 1. The number of amides is 1. The zero-order valence-electron chi connectivity index (χ0n) is 5.71. The fourth-order valence-corrected chi connectivity index (χ4v) is 1.08. The summed E-state index contributed by atoms with van der Waals surface area (Å²) in [5, 5.41) is 2.92. The smallest absolute Gasteiger partial charge is 0.249 e. The van der Waals surface area contributed by atoms with Crippen molar-refractivity contribution in [3.05, 3.63) is 12.3 Å². The Labute approximate surface area is 59.7 Å². The van der Waals surface area contributed by atoms with Gasteiger partial charge in [-0.25, -0.2) is 0 Å². The van der Waals surface area contributed by atoms with Crippen LogP contribution in [0, 0.1) is 0 Å². The predicted molar refractivity (Wildman–Crippen MR) is 37.3 cm³/mol. The Hall–Kier alpha value is -0.990. The van der Waals surface area contributed by atoms with E-state index in [1.165, 1.54) is 6.42 Å². The lowest BCUT2D eigenvalue weighted by molar-refractivity contribution is -0.135. The zero-order chi connectivity index (χ0) is 6.97. The number of rotatable bonds is 1. The van der Waals surface area contributed by atoms with Crippen molar-refractivity contribution in [1.29, 1.82) is 0 Å². The minimum Gasteiger partial charge on any atom is -0.377 e. The van der Waals surface area contributed by atoms with Gasteiger partial charge >= 0.3 is 0 Å². The molecule has 0 bridgehead atoms. The van der Waals surface area contributed by atoms with Gasteiger partial charge in [-0.05, 0) is 18.7 Å². The standard InChI is InChI=1S/C7H10N2O/c10-7(6-2-3-8-6)9-4-1-5-9/h2-3,6,8H,1,4-5H2. The van der Waals surface area contributed by atoms with Crippen molar-refractivity contribution in [1.82, 2.24) is 10.2 Å². The molecule has 3 heteroatoms. The van der Waals surface area contributed by atoms with E-state index in [9.17, 15) is 4.79 Å². The van der Waals surface area contributed by atoms with Gasteiger partial charge in [-0.3, -0.25) is 4.79 Å². The molecule has 1 fully saturated rings. The van der Waals surface area contributed by atoms with Crippen LogP contribution in [0.3, 0.4) is 0 Å². The van der Waals surface area contributed by atoms with Gasteiger partial charge in [0.1, 0.15) is 6.04 Å². The maximum Gasteiger partial charge on any atom is 0.249 e. The number of nitrogens with one attached hydrogen (secondary N) is 1.